The average Bonchev–Trinajstić information content (AvgIpc) is 3.43. The summed E-state index contributed by atoms with van der Waals surface area (Å²) in [7, 11) is 0. The molecule has 2 N–H and O–H groups in total. The molecular weight excluding hydrogens is 404 g/mol. The molecule has 9 heteroatoms. The van der Waals surface area contributed by atoms with Gasteiger partial charge in [0.25, 0.3) is 0 Å². The molecule has 32 heavy (non-hydrogen) atoms. The molecule has 3 heterocycles. The predicted octanol–water partition coefficient (Wildman–Crippen LogP) is 3.67. The first kappa shape index (κ1) is 21.5. The Morgan fingerprint density at radius 2 is 1.91 bits per heavy atom. The fraction of sp³-hybridized carbons (Fsp3) is 0.348. The maximum absolute atomic E-state index is 12.5. The van der Waals surface area contributed by atoms with Crippen molar-refractivity contribution in [2.75, 3.05) is 17.2 Å². The van der Waals surface area contributed by atoms with E-state index in [0.29, 0.717) is 42.0 Å². The van der Waals surface area contributed by atoms with Crippen molar-refractivity contribution >= 4 is 28.8 Å². The van der Waals surface area contributed by atoms with Crippen molar-refractivity contribution in [1.29, 1.82) is 0 Å². The highest BCUT2D eigenvalue weighted by Gasteiger charge is 2.21. The number of aryl methyl sites for hydroxylation is 1. The molecule has 0 saturated carbocycles. The first-order chi connectivity index (χ1) is 15.6. The number of aromatic nitrogens is 6. The average molecular weight is 433 g/mol. The third-order valence-electron chi connectivity index (χ3n) is 5.04. The van der Waals surface area contributed by atoms with Crippen LogP contribution in [-0.4, -0.2) is 41.8 Å². The van der Waals surface area contributed by atoms with Crippen LogP contribution in [0.1, 0.15) is 32.8 Å². The van der Waals surface area contributed by atoms with Gasteiger partial charge in [-0.2, -0.15) is 15.1 Å². The lowest BCUT2D eigenvalue weighted by molar-refractivity contribution is -0.118. The van der Waals surface area contributed by atoms with Gasteiger partial charge in [-0.25, -0.2) is 9.67 Å². The molecular formula is C23H28N8O. The minimum absolute atomic E-state index is 0.120. The Morgan fingerprint density at radius 3 is 2.59 bits per heavy atom. The van der Waals surface area contributed by atoms with Crippen LogP contribution in [0.15, 0.2) is 48.8 Å². The number of nitrogens with one attached hydrogen (secondary N) is 2. The van der Waals surface area contributed by atoms with Crippen molar-refractivity contribution in [2.24, 2.45) is 5.92 Å². The molecule has 0 bridgehead atoms. The number of benzene rings is 1. The summed E-state index contributed by atoms with van der Waals surface area (Å²) in [6.45, 7) is 7.17. The predicted molar refractivity (Wildman–Crippen MR) is 125 cm³/mol. The lowest BCUT2D eigenvalue weighted by Crippen LogP contribution is -2.20. The number of anilines is 2. The first-order valence-electron chi connectivity index (χ1n) is 10.9. The van der Waals surface area contributed by atoms with E-state index in [4.69, 9.17) is 9.97 Å². The van der Waals surface area contributed by atoms with Crippen LogP contribution in [0.5, 0.6) is 0 Å². The van der Waals surface area contributed by atoms with E-state index in [0.717, 1.165) is 12.8 Å². The van der Waals surface area contributed by atoms with Crippen LogP contribution in [0.2, 0.25) is 0 Å². The molecule has 0 aliphatic rings. The van der Waals surface area contributed by atoms with Gasteiger partial charge in [0.2, 0.25) is 17.8 Å². The molecule has 0 atom stereocenters. The number of carbonyl (C=O) groups excluding carboxylic acids is 1. The summed E-state index contributed by atoms with van der Waals surface area (Å²) < 4.78 is 3.71. The number of carbonyl (C=O) groups is 1. The molecule has 4 rings (SSSR count). The SMILES string of the molecule is CCCn1c(-n2cccn2)nc2c(NC(=O)C(C)C)nc(NCCc3ccccc3)nc21. The monoisotopic (exact) mass is 432 g/mol. The van der Waals surface area contributed by atoms with Crippen LogP contribution >= 0.6 is 0 Å². The second kappa shape index (κ2) is 9.59. The van der Waals surface area contributed by atoms with E-state index in [1.165, 1.54) is 5.56 Å². The molecule has 0 spiro atoms. The van der Waals surface area contributed by atoms with Gasteiger partial charge < -0.3 is 10.6 Å². The fourth-order valence-corrected chi connectivity index (χ4v) is 3.37. The van der Waals surface area contributed by atoms with Crippen molar-refractivity contribution in [2.45, 2.75) is 40.2 Å². The molecule has 0 radical (unpaired) electrons. The second-order valence-corrected chi connectivity index (χ2v) is 7.89. The topological polar surface area (TPSA) is 103 Å². The van der Waals surface area contributed by atoms with E-state index in [1.54, 1.807) is 10.9 Å². The van der Waals surface area contributed by atoms with Gasteiger partial charge in [-0.05, 0) is 24.5 Å². The quantitative estimate of drug-likeness (QED) is 0.418. The number of fused-ring (bicyclic) bond motifs is 1. The smallest absolute Gasteiger partial charge is 0.233 e. The lowest BCUT2D eigenvalue weighted by atomic mass is 10.1. The molecule has 1 aromatic carbocycles. The standard InChI is InChI=1S/C23H28N8O/c1-4-14-30-20-18(26-23(30)31-15-8-12-25-31)19(27-21(32)16(2)3)28-22(29-20)24-13-11-17-9-6-5-7-10-17/h5-10,12,15-16H,4,11,13-14H2,1-3H3,(H2,24,27,28,29,32). The third kappa shape index (κ3) is 4.61. The van der Waals surface area contributed by atoms with Gasteiger partial charge in [-0.15, -0.1) is 0 Å². The Balaban J connectivity index is 1.73. The van der Waals surface area contributed by atoms with Gasteiger partial charge in [0, 0.05) is 31.4 Å². The first-order valence-corrected chi connectivity index (χ1v) is 10.9. The van der Waals surface area contributed by atoms with Crippen molar-refractivity contribution < 1.29 is 4.79 Å². The van der Waals surface area contributed by atoms with Crippen molar-refractivity contribution in [3.63, 3.8) is 0 Å². The minimum Gasteiger partial charge on any atom is -0.354 e. The Hall–Kier alpha value is -3.75. The Bertz CT molecular complexity index is 1180. The largest absolute Gasteiger partial charge is 0.354 e. The summed E-state index contributed by atoms with van der Waals surface area (Å²) >= 11 is 0. The van der Waals surface area contributed by atoms with E-state index in [-0.39, 0.29) is 11.8 Å². The van der Waals surface area contributed by atoms with Gasteiger partial charge in [-0.3, -0.25) is 9.36 Å². The number of rotatable bonds is 9. The van der Waals surface area contributed by atoms with Crippen LogP contribution in [0.3, 0.4) is 0 Å². The van der Waals surface area contributed by atoms with Crippen LogP contribution in [0.4, 0.5) is 11.8 Å². The molecule has 0 aliphatic carbocycles. The molecule has 0 unspecified atom stereocenters. The zero-order valence-electron chi connectivity index (χ0n) is 18.6. The van der Waals surface area contributed by atoms with Crippen molar-refractivity contribution in [3.05, 3.63) is 54.4 Å². The third-order valence-corrected chi connectivity index (χ3v) is 5.04. The zero-order valence-corrected chi connectivity index (χ0v) is 18.6. The normalized spacial score (nSPS) is 11.2. The number of hydrogen-bond acceptors (Lipinski definition) is 6. The summed E-state index contributed by atoms with van der Waals surface area (Å²) in [6.07, 6.45) is 5.28. The van der Waals surface area contributed by atoms with E-state index in [2.05, 4.69) is 39.8 Å². The summed E-state index contributed by atoms with van der Waals surface area (Å²) in [5.41, 5.74) is 2.44. The molecule has 166 valence electrons. The molecule has 1 amide bonds. The van der Waals surface area contributed by atoms with Crippen LogP contribution in [0.25, 0.3) is 17.1 Å². The van der Waals surface area contributed by atoms with Crippen LogP contribution < -0.4 is 10.6 Å². The van der Waals surface area contributed by atoms with Gasteiger partial charge in [0.15, 0.2) is 17.0 Å². The maximum Gasteiger partial charge on any atom is 0.233 e. The number of nitrogens with zero attached hydrogens (tertiary/aromatic N) is 6. The summed E-state index contributed by atoms with van der Waals surface area (Å²) in [5.74, 6) is 1.20. The second-order valence-electron chi connectivity index (χ2n) is 7.89. The van der Waals surface area contributed by atoms with Gasteiger partial charge in [0.1, 0.15) is 0 Å². The zero-order chi connectivity index (χ0) is 22.5. The number of amides is 1. The number of hydrogen-bond donors (Lipinski definition) is 2. The highest BCUT2D eigenvalue weighted by molar-refractivity contribution is 5.98. The highest BCUT2D eigenvalue weighted by atomic mass is 16.1. The van der Waals surface area contributed by atoms with E-state index < -0.39 is 0 Å². The highest BCUT2D eigenvalue weighted by Crippen LogP contribution is 2.25. The summed E-state index contributed by atoms with van der Waals surface area (Å²) in [6, 6.07) is 12.1. The van der Waals surface area contributed by atoms with Gasteiger partial charge >= 0.3 is 0 Å². The molecule has 3 aromatic heterocycles. The molecule has 4 aromatic rings. The van der Waals surface area contributed by atoms with E-state index in [9.17, 15) is 4.79 Å². The summed E-state index contributed by atoms with van der Waals surface area (Å²) in [5, 5.41) is 10.6. The van der Waals surface area contributed by atoms with E-state index >= 15 is 0 Å². The van der Waals surface area contributed by atoms with E-state index in [1.807, 2.05) is 48.9 Å². The van der Waals surface area contributed by atoms with Crippen molar-refractivity contribution in [3.8, 4) is 5.95 Å². The summed E-state index contributed by atoms with van der Waals surface area (Å²) in [4.78, 5) is 26.6. The molecule has 0 aliphatic heterocycles. The molecule has 0 fully saturated rings. The lowest BCUT2D eigenvalue weighted by Gasteiger charge is -2.11. The number of imidazole rings is 1. The molecule has 0 saturated heterocycles. The Kier molecular flexibility index (Phi) is 6.44. The van der Waals surface area contributed by atoms with Crippen LogP contribution in [0, 0.1) is 5.92 Å². The minimum atomic E-state index is -0.183. The van der Waals surface area contributed by atoms with Crippen molar-refractivity contribution in [1.82, 2.24) is 29.3 Å². The maximum atomic E-state index is 12.5. The Morgan fingerprint density at radius 1 is 1.09 bits per heavy atom. The Labute approximate surface area is 186 Å². The van der Waals surface area contributed by atoms with Gasteiger partial charge in [0.05, 0.1) is 0 Å². The fourth-order valence-electron chi connectivity index (χ4n) is 3.37. The molecule has 9 nitrogen and oxygen atoms in total. The van der Waals surface area contributed by atoms with Crippen LogP contribution in [-0.2, 0) is 17.8 Å². The van der Waals surface area contributed by atoms with Gasteiger partial charge in [-0.1, -0.05) is 51.1 Å².